The molecule has 0 spiro atoms. The second-order valence-corrected chi connectivity index (χ2v) is 6.79. The van der Waals surface area contributed by atoms with Gasteiger partial charge in [0.05, 0.1) is 7.11 Å². The highest BCUT2D eigenvalue weighted by Crippen LogP contribution is 2.24. The first-order valence-corrected chi connectivity index (χ1v) is 9.25. The first-order chi connectivity index (χ1) is 14.0. The van der Waals surface area contributed by atoms with Crippen molar-refractivity contribution in [3.63, 3.8) is 0 Å². The van der Waals surface area contributed by atoms with Crippen LogP contribution >= 0.6 is 0 Å². The van der Waals surface area contributed by atoms with E-state index in [4.69, 9.17) is 9.26 Å². The topological polar surface area (TPSA) is 93.5 Å². The first-order valence-electron chi connectivity index (χ1n) is 9.25. The molecular formula is C22H23N3O4. The number of carbonyl (C=O) groups is 2. The van der Waals surface area contributed by atoms with Crippen LogP contribution in [0.25, 0.3) is 11.3 Å². The van der Waals surface area contributed by atoms with Crippen LogP contribution in [0.4, 0.5) is 0 Å². The summed E-state index contributed by atoms with van der Waals surface area (Å²) < 4.78 is 10.5. The molecule has 0 bridgehead atoms. The normalized spacial score (nSPS) is 11.7. The van der Waals surface area contributed by atoms with Crippen LogP contribution in [0.15, 0.2) is 65.2 Å². The standard InChI is InChI=1S/C22H23N3O4/c1-14(2)23-22(27)20(15-8-5-4-6-9-15)24-21(26)18-13-19(29-25-18)16-10-7-11-17(12-16)28-3/h4-14,20H,1-3H3,(H,23,27)(H,24,26)/t20-/m0/s1. The van der Waals surface area contributed by atoms with Crippen LogP contribution in [0.3, 0.4) is 0 Å². The maximum absolute atomic E-state index is 12.7. The van der Waals surface area contributed by atoms with E-state index in [1.807, 2.05) is 50.2 Å². The fourth-order valence-electron chi connectivity index (χ4n) is 2.81. The van der Waals surface area contributed by atoms with Crippen LogP contribution in [0.2, 0.25) is 0 Å². The van der Waals surface area contributed by atoms with Crippen LogP contribution < -0.4 is 15.4 Å². The third kappa shape index (κ3) is 5.01. The lowest BCUT2D eigenvalue weighted by molar-refractivity contribution is -0.123. The molecule has 29 heavy (non-hydrogen) atoms. The number of hydrogen-bond acceptors (Lipinski definition) is 5. The Kier molecular flexibility index (Phi) is 6.29. The average molecular weight is 393 g/mol. The molecule has 1 heterocycles. The predicted molar refractivity (Wildman–Crippen MR) is 108 cm³/mol. The molecule has 0 unspecified atom stereocenters. The zero-order valence-electron chi connectivity index (χ0n) is 16.5. The number of rotatable bonds is 7. The highest BCUT2D eigenvalue weighted by molar-refractivity contribution is 5.97. The van der Waals surface area contributed by atoms with Crippen molar-refractivity contribution in [2.45, 2.75) is 25.9 Å². The van der Waals surface area contributed by atoms with Crippen LogP contribution in [0.5, 0.6) is 5.75 Å². The molecule has 1 atom stereocenters. The fourth-order valence-corrected chi connectivity index (χ4v) is 2.81. The Morgan fingerprint density at radius 2 is 1.76 bits per heavy atom. The first kappa shape index (κ1) is 20.1. The molecule has 150 valence electrons. The second kappa shape index (κ2) is 9.05. The SMILES string of the molecule is COc1cccc(-c2cc(C(=O)N[C@H](C(=O)NC(C)C)c3ccccc3)no2)c1. The molecule has 0 saturated heterocycles. The van der Waals surface area contributed by atoms with Gasteiger partial charge in [-0.15, -0.1) is 0 Å². The van der Waals surface area contributed by atoms with Crippen LogP contribution in [0, 0.1) is 0 Å². The number of hydrogen-bond donors (Lipinski definition) is 2. The van der Waals surface area contributed by atoms with Gasteiger partial charge in [-0.2, -0.15) is 0 Å². The quantitative estimate of drug-likeness (QED) is 0.642. The van der Waals surface area contributed by atoms with E-state index in [2.05, 4.69) is 15.8 Å². The van der Waals surface area contributed by atoms with E-state index in [9.17, 15) is 9.59 Å². The summed E-state index contributed by atoms with van der Waals surface area (Å²) in [5.74, 6) is 0.295. The number of carbonyl (C=O) groups excluding carboxylic acids is 2. The van der Waals surface area contributed by atoms with E-state index in [1.165, 1.54) is 6.07 Å². The van der Waals surface area contributed by atoms with Crippen molar-refractivity contribution >= 4 is 11.8 Å². The Labute approximate surface area is 169 Å². The zero-order chi connectivity index (χ0) is 20.8. The molecule has 0 saturated carbocycles. The van der Waals surface area contributed by atoms with Gasteiger partial charge in [0.25, 0.3) is 5.91 Å². The fraction of sp³-hybridized carbons (Fsp3) is 0.227. The van der Waals surface area contributed by atoms with E-state index in [-0.39, 0.29) is 17.6 Å². The van der Waals surface area contributed by atoms with Gasteiger partial charge < -0.3 is 19.9 Å². The Balaban J connectivity index is 1.81. The summed E-state index contributed by atoms with van der Waals surface area (Å²) in [4.78, 5) is 25.4. The number of ether oxygens (including phenoxy) is 1. The predicted octanol–water partition coefficient (Wildman–Crippen LogP) is 3.35. The lowest BCUT2D eigenvalue weighted by atomic mass is 10.1. The number of benzene rings is 2. The molecule has 0 aliphatic carbocycles. The van der Waals surface area contributed by atoms with Crippen molar-refractivity contribution in [2.24, 2.45) is 0 Å². The molecule has 7 nitrogen and oxygen atoms in total. The molecule has 0 radical (unpaired) electrons. The summed E-state index contributed by atoms with van der Waals surface area (Å²) in [6, 6.07) is 16.9. The number of amides is 2. The minimum atomic E-state index is -0.844. The van der Waals surface area contributed by atoms with Crippen molar-refractivity contribution in [3.8, 4) is 17.1 Å². The maximum Gasteiger partial charge on any atom is 0.274 e. The lowest BCUT2D eigenvalue weighted by Gasteiger charge is -2.19. The van der Waals surface area contributed by atoms with Gasteiger partial charge in [0.1, 0.15) is 11.8 Å². The van der Waals surface area contributed by atoms with Crippen LogP contribution in [0.1, 0.15) is 35.9 Å². The van der Waals surface area contributed by atoms with Crippen molar-refractivity contribution in [2.75, 3.05) is 7.11 Å². The minimum absolute atomic E-state index is 0.0580. The Bertz CT molecular complexity index is 982. The van der Waals surface area contributed by atoms with Crippen LogP contribution in [-0.4, -0.2) is 30.1 Å². The maximum atomic E-state index is 12.7. The third-order valence-electron chi connectivity index (χ3n) is 4.20. The van der Waals surface area contributed by atoms with E-state index in [1.54, 1.807) is 25.3 Å². The van der Waals surface area contributed by atoms with E-state index in [0.29, 0.717) is 17.1 Å². The van der Waals surface area contributed by atoms with E-state index in [0.717, 1.165) is 5.56 Å². The monoisotopic (exact) mass is 393 g/mol. The summed E-state index contributed by atoms with van der Waals surface area (Å²) in [5.41, 5.74) is 1.49. The van der Waals surface area contributed by atoms with Gasteiger partial charge in [0, 0.05) is 17.7 Å². The van der Waals surface area contributed by atoms with Gasteiger partial charge in [0.2, 0.25) is 5.91 Å². The molecule has 0 fully saturated rings. The molecule has 7 heteroatoms. The minimum Gasteiger partial charge on any atom is -0.497 e. The van der Waals surface area contributed by atoms with Crippen molar-refractivity contribution in [3.05, 3.63) is 71.9 Å². The van der Waals surface area contributed by atoms with Crippen molar-refractivity contribution < 1.29 is 18.8 Å². The summed E-state index contributed by atoms with van der Waals surface area (Å²) in [7, 11) is 1.57. The van der Waals surface area contributed by atoms with Gasteiger partial charge in [-0.05, 0) is 31.5 Å². The summed E-state index contributed by atoms with van der Waals surface area (Å²) in [5, 5.41) is 9.43. The molecule has 3 rings (SSSR count). The number of nitrogens with zero attached hydrogens (tertiary/aromatic N) is 1. The number of aromatic nitrogens is 1. The Morgan fingerprint density at radius 1 is 1.00 bits per heavy atom. The second-order valence-electron chi connectivity index (χ2n) is 6.79. The average Bonchev–Trinajstić information content (AvgIpc) is 3.22. The Morgan fingerprint density at radius 3 is 2.45 bits per heavy atom. The summed E-state index contributed by atoms with van der Waals surface area (Å²) in [6.45, 7) is 3.72. The molecule has 2 N–H and O–H groups in total. The van der Waals surface area contributed by atoms with Crippen molar-refractivity contribution in [1.29, 1.82) is 0 Å². The van der Waals surface area contributed by atoms with Gasteiger partial charge >= 0.3 is 0 Å². The molecular weight excluding hydrogens is 370 g/mol. The zero-order valence-corrected chi connectivity index (χ0v) is 16.5. The Hall–Kier alpha value is -3.61. The van der Waals surface area contributed by atoms with E-state index >= 15 is 0 Å². The molecule has 3 aromatic rings. The molecule has 2 aromatic carbocycles. The smallest absolute Gasteiger partial charge is 0.274 e. The highest BCUT2D eigenvalue weighted by Gasteiger charge is 2.25. The van der Waals surface area contributed by atoms with Gasteiger partial charge in [-0.25, -0.2) is 0 Å². The molecule has 1 aromatic heterocycles. The molecule has 2 amide bonds. The summed E-state index contributed by atoms with van der Waals surface area (Å²) >= 11 is 0. The largest absolute Gasteiger partial charge is 0.497 e. The van der Waals surface area contributed by atoms with E-state index < -0.39 is 11.9 Å². The van der Waals surface area contributed by atoms with Gasteiger partial charge in [0.15, 0.2) is 11.5 Å². The van der Waals surface area contributed by atoms with Gasteiger partial charge in [-0.1, -0.05) is 47.6 Å². The highest BCUT2D eigenvalue weighted by atomic mass is 16.5. The molecule has 0 aliphatic rings. The molecule has 0 aliphatic heterocycles. The number of nitrogens with one attached hydrogen (secondary N) is 2. The number of methoxy groups -OCH3 is 1. The third-order valence-corrected chi connectivity index (χ3v) is 4.20. The van der Waals surface area contributed by atoms with Gasteiger partial charge in [-0.3, -0.25) is 9.59 Å². The van der Waals surface area contributed by atoms with Crippen LogP contribution in [-0.2, 0) is 4.79 Å². The lowest BCUT2D eigenvalue weighted by Crippen LogP contribution is -2.42. The van der Waals surface area contributed by atoms with Crippen molar-refractivity contribution in [1.82, 2.24) is 15.8 Å². The summed E-state index contributed by atoms with van der Waals surface area (Å²) in [6.07, 6.45) is 0.